The largest absolute Gasteiger partial charge is 0.508 e. The average Bonchev–Trinajstić information content (AvgIpc) is 2.96. The summed E-state index contributed by atoms with van der Waals surface area (Å²) in [4.78, 5) is 24.9. The van der Waals surface area contributed by atoms with Crippen molar-refractivity contribution in [3.8, 4) is 34.3 Å². The fourth-order valence-electron chi connectivity index (χ4n) is 4.33. The molecule has 6 N–H and O–H groups in total. The maximum Gasteiger partial charge on any atom is 0.330 e. The van der Waals surface area contributed by atoms with E-state index in [0.29, 0.717) is 11.1 Å². The fraction of sp³-hybridized carbons (Fsp3) is 0.200. The number of phenolic OH excluding ortho intramolecular Hbond substituents is 3. The first kappa shape index (κ1) is 28.6. The van der Waals surface area contributed by atoms with Crippen molar-refractivity contribution in [1.29, 1.82) is 0 Å². The van der Waals surface area contributed by atoms with E-state index in [9.17, 15) is 40.2 Å². The highest BCUT2D eigenvalue weighted by Crippen LogP contribution is 2.33. The van der Waals surface area contributed by atoms with Crippen LogP contribution in [0.25, 0.3) is 28.4 Å². The van der Waals surface area contributed by atoms with E-state index in [0.717, 1.165) is 12.1 Å². The molecule has 1 aliphatic heterocycles. The molecule has 1 fully saturated rings. The maximum absolute atomic E-state index is 12.7. The molecule has 42 heavy (non-hydrogen) atoms. The van der Waals surface area contributed by atoms with Gasteiger partial charge in [-0.1, -0.05) is 12.1 Å². The molecule has 1 saturated heterocycles. The maximum atomic E-state index is 12.7. The molecule has 5 unspecified atom stereocenters. The van der Waals surface area contributed by atoms with E-state index in [-0.39, 0.29) is 34.0 Å². The Kier molecular flexibility index (Phi) is 8.13. The summed E-state index contributed by atoms with van der Waals surface area (Å²) in [7, 11) is 0. The van der Waals surface area contributed by atoms with E-state index in [1.807, 2.05) is 0 Å². The Labute approximate surface area is 237 Å². The summed E-state index contributed by atoms with van der Waals surface area (Å²) < 4.78 is 22.2. The van der Waals surface area contributed by atoms with Crippen LogP contribution in [-0.2, 0) is 14.3 Å². The van der Waals surface area contributed by atoms with Gasteiger partial charge in [-0.05, 0) is 48.0 Å². The van der Waals surface area contributed by atoms with Crippen LogP contribution in [0.15, 0.2) is 82.0 Å². The lowest BCUT2D eigenvalue weighted by atomic mass is 9.99. The zero-order valence-electron chi connectivity index (χ0n) is 21.7. The van der Waals surface area contributed by atoms with Gasteiger partial charge in [0, 0.05) is 29.8 Å². The zero-order chi connectivity index (χ0) is 30.0. The second kappa shape index (κ2) is 11.9. The normalized spacial score (nSPS) is 22.3. The van der Waals surface area contributed by atoms with Crippen LogP contribution in [0.3, 0.4) is 0 Å². The van der Waals surface area contributed by atoms with Gasteiger partial charge in [-0.25, -0.2) is 4.79 Å². The molecular weight excluding hydrogens is 552 g/mol. The van der Waals surface area contributed by atoms with Crippen LogP contribution < -0.4 is 10.2 Å². The summed E-state index contributed by atoms with van der Waals surface area (Å²) in [5, 5.41) is 60.5. The van der Waals surface area contributed by atoms with Crippen LogP contribution in [0.5, 0.6) is 23.0 Å². The molecule has 0 spiro atoms. The lowest BCUT2D eigenvalue weighted by Gasteiger charge is -2.39. The number of ether oxygens (including phenoxy) is 3. The van der Waals surface area contributed by atoms with Gasteiger partial charge in [0.2, 0.25) is 6.29 Å². The van der Waals surface area contributed by atoms with E-state index in [1.165, 1.54) is 54.6 Å². The number of carbonyl (C=O) groups is 1. The minimum Gasteiger partial charge on any atom is -0.508 e. The number of hydrogen-bond acceptors (Lipinski definition) is 12. The van der Waals surface area contributed by atoms with Crippen molar-refractivity contribution in [2.24, 2.45) is 0 Å². The van der Waals surface area contributed by atoms with Gasteiger partial charge in [-0.3, -0.25) is 4.79 Å². The third kappa shape index (κ3) is 6.21. The van der Waals surface area contributed by atoms with E-state index in [4.69, 9.17) is 18.6 Å². The number of aliphatic hydroxyl groups excluding tert-OH is 3. The van der Waals surface area contributed by atoms with Crippen LogP contribution in [0, 0.1) is 0 Å². The number of hydrogen-bond donors (Lipinski definition) is 6. The van der Waals surface area contributed by atoms with Crippen LogP contribution in [-0.4, -0.2) is 73.9 Å². The quantitative estimate of drug-likeness (QED) is 0.138. The smallest absolute Gasteiger partial charge is 0.330 e. The van der Waals surface area contributed by atoms with Gasteiger partial charge in [0.1, 0.15) is 70.8 Å². The van der Waals surface area contributed by atoms with Gasteiger partial charge in [0.15, 0.2) is 5.43 Å². The number of phenols is 3. The monoisotopic (exact) mass is 578 g/mol. The molecule has 0 amide bonds. The standard InChI is InChI=1S/C30H26O12/c31-17-6-1-15(2-7-17)3-10-25(35)39-14-24-27(36)28(37)29(38)30(42-24)40-19-11-20(33)26-21(34)13-22(41-23(26)12-19)16-4-8-18(32)9-5-16/h1-13,24,27-33,36-38H,14H2. The SMILES string of the molecule is O=C(C=Cc1ccc(O)cc1)OCC1OC(Oc2cc(O)c3c(=O)cc(-c4ccc(O)cc4)oc3c2)C(O)C(O)C1O. The van der Waals surface area contributed by atoms with E-state index in [1.54, 1.807) is 12.1 Å². The number of aliphatic hydroxyl groups is 3. The zero-order valence-corrected chi connectivity index (χ0v) is 21.7. The highest BCUT2D eigenvalue weighted by atomic mass is 16.7. The van der Waals surface area contributed by atoms with Crippen LogP contribution in [0.1, 0.15) is 5.56 Å². The predicted octanol–water partition coefficient (Wildman–Crippen LogP) is 2.02. The topological polar surface area (TPSA) is 196 Å². The Hall–Kier alpha value is -4.88. The van der Waals surface area contributed by atoms with E-state index >= 15 is 0 Å². The van der Waals surface area contributed by atoms with Crippen LogP contribution in [0.2, 0.25) is 0 Å². The molecule has 5 rings (SSSR count). The third-order valence-electron chi connectivity index (χ3n) is 6.55. The van der Waals surface area contributed by atoms with E-state index < -0.39 is 54.5 Å². The molecule has 1 aromatic heterocycles. The van der Waals surface area contributed by atoms with Crippen molar-refractivity contribution in [1.82, 2.24) is 0 Å². The summed E-state index contributed by atoms with van der Waals surface area (Å²) in [6, 6.07) is 15.5. The molecule has 0 saturated carbocycles. The minimum absolute atomic E-state index is 0.0205. The summed E-state index contributed by atoms with van der Waals surface area (Å²) in [6.07, 6.45) is -5.43. The Bertz CT molecular complexity index is 1660. The Morgan fingerprint density at radius 3 is 2.21 bits per heavy atom. The highest BCUT2D eigenvalue weighted by Gasteiger charge is 2.45. The van der Waals surface area contributed by atoms with Crippen molar-refractivity contribution in [3.63, 3.8) is 0 Å². The number of fused-ring (bicyclic) bond motifs is 1. The van der Waals surface area contributed by atoms with Gasteiger partial charge >= 0.3 is 5.97 Å². The number of carbonyl (C=O) groups excluding carboxylic acids is 1. The first-order chi connectivity index (χ1) is 20.1. The minimum atomic E-state index is -1.74. The number of aromatic hydroxyl groups is 3. The van der Waals surface area contributed by atoms with Crippen molar-refractivity contribution in [3.05, 3.63) is 88.6 Å². The second-order valence-corrected chi connectivity index (χ2v) is 9.52. The number of rotatable bonds is 7. The van der Waals surface area contributed by atoms with Gasteiger partial charge < -0.3 is 49.3 Å². The summed E-state index contributed by atoms with van der Waals surface area (Å²) in [5.74, 6) is -1.13. The Morgan fingerprint density at radius 1 is 0.857 bits per heavy atom. The van der Waals surface area contributed by atoms with Gasteiger partial charge in [0.05, 0.1) is 0 Å². The van der Waals surface area contributed by atoms with Crippen LogP contribution in [0.4, 0.5) is 0 Å². The molecule has 5 atom stereocenters. The molecule has 0 aliphatic carbocycles. The molecule has 1 aliphatic rings. The number of benzene rings is 3. The number of esters is 1. The lowest BCUT2D eigenvalue weighted by Crippen LogP contribution is -2.60. The molecule has 12 nitrogen and oxygen atoms in total. The Balaban J connectivity index is 1.31. The molecule has 0 bridgehead atoms. The van der Waals surface area contributed by atoms with E-state index in [2.05, 4.69) is 0 Å². The molecule has 4 aromatic rings. The summed E-state index contributed by atoms with van der Waals surface area (Å²) in [5.41, 5.74) is 0.501. The average molecular weight is 579 g/mol. The first-order valence-corrected chi connectivity index (χ1v) is 12.7. The third-order valence-corrected chi connectivity index (χ3v) is 6.55. The Morgan fingerprint density at radius 2 is 1.52 bits per heavy atom. The van der Waals surface area contributed by atoms with Gasteiger partial charge in [-0.2, -0.15) is 0 Å². The lowest BCUT2D eigenvalue weighted by molar-refractivity contribution is -0.278. The van der Waals surface area contributed by atoms with Crippen molar-refractivity contribution in [2.45, 2.75) is 30.7 Å². The summed E-state index contributed by atoms with van der Waals surface area (Å²) >= 11 is 0. The van der Waals surface area contributed by atoms with Crippen molar-refractivity contribution in [2.75, 3.05) is 6.61 Å². The van der Waals surface area contributed by atoms with Crippen molar-refractivity contribution >= 4 is 23.0 Å². The molecule has 0 radical (unpaired) electrons. The fourth-order valence-corrected chi connectivity index (χ4v) is 4.33. The summed E-state index contributed by atoms with van der Waals surface area (Å²) in [6.45, 7) is -0.503. The molecule has 218 valence electrons. The van der Waals surface area contributed by atoms with Crippen molar-refractivity contribution < 1.29 is 54.1 Å². The van der Waals surface area contributed by atoms with Gasteiger partial charge in [0.25, 0.3) is 0 Å². The molecule has 2 heterocycles. The molecule has 12 heteroatoms. The second-order valence-electron chi connectivity index (χ2n) is 9.52. The molecular formula is C30H26O12. The first-order valence-electron chi connectivity index (χ1n) is 12.7. The predicted molar refractivity (Wildman–Crippen MR) is 147 cm³/mol. The van der Waals surface area contributed by atoms with Crippen LogP contribution >= 0.6 is 0 Å². The van der Waals surface area contributed by atoms with Gasteiger partial charge in [-0.15, -0.1) is 0 Å². The molecule has 3 aromatic carbocycles. The highest BCUT2D eigenvalue weighted by molar-refractivity contribution is 5.87.